The lowest BCUT2D eigenvalue weighted by Gasteiger charge is -2.25. The molecule has 3 rings (SSSR count). The summed E-state index contributed by atoms with van der Waals surface area (Å²) in [6.07, 6.45) is 4.01. The number of benzene rings is 2. The van der Waals surface area contributed by atoms with E-state index in [0.717, 1.165) is 17.7 Å². The van der Waals surface area contributed by atoms with Gasteiger partial charge in [0.15, 0.2) is 0 Å². The lowest BCUT2D eigenvalue weighted by Crippen LogP contribution is -2.02. The third-order valence-corrected chi connectivity index (χ3v) is 4.58. The Balaban J connectivity index is 1.96. The van der Waals surface area contributed by atoms with E-state index in [1.165, 1.54) is 22.3 Å². The lowest BCUT2D eigenvalue weighted by atomic mass is 9.80. The zero-order chi connectivity index (χ0) is 13.2. The Morgan fingerprint density at radius 3 is 1.79 bits per heavy atom. The Kier molecular flexibility index (Phi) is 3.34. The number of allylic oxidation sites excluding steroid dienone is 2. The quantitative estimate of drug-likeness (QED) is 0.818. The van der Waals surface area contributed by atoms with Gasteiger partial charge in [-0.25, -0.2) is 0 Å². The molecule has 2 aromatic rings. The fourth-order valence-corrected chi connectivity index (χ4v) is 3.02. The topological polar surface area (TPSA) is 17.1 Å². The second kappa shape index (κ2) is 5.14. The van der Waals surface area contributed by atoms with Crippen molar-refractivity contribution < 1.29 is 4.21 Å². The van der Waals surface area contributed by atoms with Crippen molar-refractivity contribution in [2.45, 2.75) is 17.7 Å². The molecular formula is C17H16OS. The normalized spacial score (nSPS) is 16.1. The van der Waals surface area contributed by atoms with Crippen LogP contribution in [0.4, 0.5) is 0 Å². The van der Waals surface area contributed by atoms with Crippen LogP contribution in [-0.2, 0) is 10.8 Å². The first-order chi connectivity index (χ1) is 9.25. The SMILES string of the molecule is CS(=O)c1ccc(C2=C(c3ccccc3)CC2)cc1. The summed E-state index contributed by atoms with van der Waals surface area (Å²) in [6.45, 7) is 0. The van der Waals surface area contributed by atoms with Crippen molar-refractivity contribution in [3.05, 3.63) is 65.7 Å². The highest BCUT2D eigenvalue weighted by Gasteiger charge is 2.19. The molecule has 0 fully saturated rings. The van der Waals surface area contributed by atoms with Crippen LogP contribution in [-0.4, -0.2) is 10.5 Å². The second-order valence-electron chi connectivity index (χ2n) is 4.80. The molecule has 0 saturated heterocycles. The fraction of sp³-hybridized carbons (Fsp3) is 0.176. The first kappa shape index (κ1) is 12.4. The molecular weight excluding hydrogens is 252 g/mol. The summed E-state index contributed by atoms with van der Waals surface area (Å²) in [5.74, 6) is 0. The van der Waals surface area contributed by atoms with Gasteiger partial charge in [0.1, 0.15) is 0 Å². The molecule has 0 N–H and O–H groups in total. The molecule has 96 valence electrons. The van der Waals surface area contributed by atoms with Crippen molar-refractivity contribution in [1.29, 1.82) is 0 Å². The van der Waals surface area contributed by atoms with Gasteiger partial charge in [-0.2, -0.15) is 0 Å². The number of rotatable bonds is 3. The van der Waals surface area contributed by atoms with Crippen molar-refractivity contribution in [1.82, 2.24) is 0 Å². The smallest absolute Gasteiger partial charge is 0.0498 e. The van der Waals surface area contributed by atoms with E-state index in [2.05, 4.69) is 36.4 Å². The van der Waals surface area contributed by atoms with E-state index >= 15 is 0 Å². The van der Waals surface area contributed by atoms with Crippen molar-refractivity contribution in [2.75, 3.05) is 6.26 Å². The van der Waals surface area contributed by atoms with Gasteiger partial charge >= 0.3 is 0 Å². The van der Waals surface area contributed by atoms with Crippen LogP contribution in [0.3, 0.4) is 0 Å². The lowest BCUT2D eigenvalue weighted by molar-refractivity contribution is 0.687. The highest BCUT2D eigenvalue weighted by molar-refractivity contribution is 7.84. The predicted octanol–water partition coefficient (Wildman–Crippen LogP) is 4.13. The van der Waals surface area contributed by atoms with Crippen molar-refractivity contribution >= 4 is 21.9 Å². The average Bonchev–Trinajstić information content (AvgIpc) is 2.39. The van der Waals surface area contributed by atoms with E-state index < -0.39 is 10.8 Å². The predicted molar refractivity (Wildman–Crippen MR) is 81.3 cm³/mol. The Hall–Kier alpha value is -1.67. The second-order valence-corrected chi connectivity index (χ2v) is 6.18. The van der Waals surface area contributed by atoms with Crippen LogP contribution in [0.15, 0.2) is 59.5 Å². The molecule has 0 aromatic heterocycles. The van der Waals surface area contributed by atoms with Gasteiger partial charge in [-0.05, 0) is 47.2 Å². The standard InChI is InChI=1S/C17H16OS/c1-19(18)15-9-7-14(8-10-15)17-12-11-16(17)13-5-3-2-4-6-13/h2-10H,11-12H2,1H3. The maximum Gasteiger partial charge on any atom is 0.0498 e. The third kappa shape index (κ3) is 2.41. The van der Waals surface area contributed by atoms with E-state index in [9.17, 15) is 4.21 Å². The van der Waals surface area contributed by atoms with Crippen LogP contribution in [0.25, 0.3) is 11.1 Å². The maximum atomic E-state index is 11.4. The molecule has 2 aromatic carbocycles. The third-order valence-electron chi connectivity index (χ3n) is 3.65. The Labute approximate surface area is 116 Å². The Morgan fingerprint density at radius 2 is 1.32 bits per heavy atom. The van der Waals surface area contributed by atoms with Crippen LogP contribution >= 0.6 is 0 Å². The molecule has 0 aliphatic heterocycles. The summed E-state index contributed by atoms with van der Waals surface area (Å²) in [7, 11) is -0.895. The van der Waals surface area contributed by atoms with Gasteiger partial charge in [0, 0.05) is 22.0 Å². The summed E-state index contributed by atoms with van der Waals surface area (Å²) < 4.78 is 11.4. The summed E-state index contributed by atoms with van der Waals surface area (Å²) >= 11 is 0. The average molecular weight is 268 g/mol. The van der Waals surface area contributed by atoms with Crippen molar-refractivity contribution in [3.63, 3.8) is 0 Å². The molecule has 0 saturated carbocycles. The van der Waals surface area contributed by atoms with Crippen LogP contribution in [0.5, 0.6) is 0 Å². The van der Waals surface area contributed by atoms with Gasteiger partial charge in [-0.3, -0.25) is 4.21 Å². The van der Waals surface area contributed by atoms with Crippen LogP contribution < -0.4 is 0 Å². The van der Waals surface area contributed by atoms with Gasteiger partial charge < -0.3 is 0 Å². The first-order valence-corrected chi connectivity index (χ1v) is 8.03. The summed E-state index contributed by atoms with van der Waals surface area (Å²) in [5.41, 5.74) is 5.47. The van der Waals surface area contributed by atoms with E-state index in [0.29, 0.717) is 0 Å². The molecule has 1 nitrogen and oxygen atoms in total. The number of hydrogen-bond donors (Lipinski definition) is 0. The molecule has 0 bridgehead atoms. The van der Waals surface area contributed by atoms with E-state index in [-0.39, 0.29) is 0 Å². The van der Waals surface area contributed by atoms with Crippen LogP contribution in [0, 0.1) is 0 Å². The Bertz CT molecular complexity index is 639. The molecule has 1 aliphatic rings. The van der Waals surface area contributed by atoms with Gasteiger partial charge in [0.05, 0.1) is 0 Å². The van der Waals surface area contributed by atoms with Gasteiger partial charge in [-0.15, -0.1) is 0 Å². The monoisotopic (exact) mass is 268 g/mol. The molecule has 1 unspecified atom stereocenters. The van der Waals surface area contributed by atoms with Gasteiger partial charge in [0.25, 0.3) is 0 Å². The summed E-state index contributed by atoms with van der Waals surface area (Å²) in [5, 5.41) is 0. The van der Waals surface area contributed by atoms with Crippen molar-refractivity contribution in [3.8, 4) is 0 Å². The highest BCUT2D eigenvalue weighted by atomic mass is 32.2. The van der Waals surface area contributed by atoms with E-state index in [1.807, 2.05) is 18.2 Å². The molecule has 0 amide bonds. The molecule has 0 spiro atoms. The largest absolute Gasteiger partial charge is 0.255 e. The van der Waals surface area contributed by atoms with Gasteiger partial charge in [0.2, 0.25) is 0 Å². The molecule has 19 heavy (non-hydrogen) atoms. The minimum Gasteiger partial charge on any atom is -0.255 e. The molecule has 1 atom stereocenters. The first-order valence-electron chi connectivity index (χ1n) is 6.47. The van der Waals surface area contributed by atoms with Gasteiger partial charge in [-0.1, -0.05) is 42.5 Å². The van der Waals surface area contributed by atoms with Crippen LogP contribution in [0.1, 0.15) is 24.0 Å². The zero-order valence-electron chi connectivity index (χ0n) is 10.9. The molecule has 0 radical (unpaired) electrons. The maximum absolute atomic E-state index is 11.4. The summed E-state index contributed by atoms with van der Waals surface area (Å²) in [4.78, 5) is 0.893. The zero-order valence-corrected chi connectivity index (χ0v) is 11.7. The fourth-order valence-electron chi connectivity index (χ4n) is 2.50. The molecule has 0 heterocycles. The van der Waals surface area contributed by atoms with E-state index in [1.54, 1.807) is 6.26 Å². The molecule has 1 aliphatic carbocycles. The van der Waals surface area contributed by atoms with E-state index in [4.69, 9.17) is 0 Å². The minimum absolute atomic E-state index is 0.893. The number of hydrogen-bond acceptors (Lipinski definition) is 1. The molecule has 2 heteroatoms. The summed E-state index contributed by atoms with van der Waals surface area (Å²) in [6, 6.07) is 18.7. The minimum atomic E-state index is -0.895. The Morgan fingerprint density at radius 1 is 0.789 bits per heavy atom. The van der Waals surface area contributed by atoms with Crippen LogP contribution in [0.2, 0.25) is 0 Å². The van der Waals surface area contributed by atoms with Crippen molar-refractivity contribution in [2.24, 2.45) is 0 Å². The highest BCUT2D eigenvalue weighted by Crippen LogP contribution is 2.42.